The summed E-state index contributed by atoms with van der Waals surface area (Å²) in [6, 6.07) is 5.61. The van der Waals surface area contributed by atoms with E-state index in [2.05, 4.69) is 10.3 Å². The molecule has 1 saturated carbocycles. The van der Waals surface area contributed by atoms with E-state index in [1.54, 1.807) is 14.2 Å². The molecule has 7 nitrogen and oxygen atoms in total. The molecule has 0 aliphatic heterocycles. The molecule has 0 bridgehead atoms. The van der Waals surface area contributed by atoms with E-state index in [0.29, 0.717) is 16.5 Å². The number of carbonyl (C=O) groups is 2. The van der Waals surface area contributed by atoms with Gasteiger partial charge in [-0.25, -0.2) is 9.78 Å². The number of carboxylic acid groups (broad SMARTS) is 1. The van der Waals surface area contributed by atoms with Gasteiger partial charge in [-0.2, -0.15) is 0 Å². The van der Waals surface area contributed by atoms with Crippen LogP contribution < -0.4 is 14.8 Å². The van der Waals surface area contributed by atoms with Gasteiger partial charge in [-0.1, -0.05) is 18.9 Å². The monoisotopic (exact) mass is 390 g/mol. The summed E-state index contributed by atoms with van der Waals surface area (Å²) in [6.07, 6.45) is 3.46. The van der Waals surface area contributed by atoms with Gasteiger partial charge in [0, 0.05) is 5.38 Å². The van der Waals surface area contributed by atoms with Gasteiger partial charge < -0.3 is 19.9 Å². The maximum atomic E-state index is 13.1. The molecule has 0 atom stereocenters. The molecule has 0 spiro atoms. The lowest BCUT2D eigenvalue weighted by molar-refractivity contribution is -0.126. The van der Waals surface area contributed by atoms with Gasteiger partial charge >= 0.3 is 5.97 Å². The van der Waals surface area contributed by atoms with Crippen LogP contribution in [0, 0.1) is 0 Å². The molecule has 0 radical (unpaired) electrons. The number of aromatic nitrogens is 1. The number of thiazole rings is 1. The number of aromatic carboxylic acids is 1. The Bertz CT molecular complexity index is 842. The molecule has 1 aromatic carbocycles. The van der Waals surface area contributed by atoms with Crippen LogP contribution in [0.15, 0.2) is 23.6 Å². The van der Waals surface area contributed by atoms with E-state index in [9.17, 15) is 9.59 Å². The van der Waals surface area contributed by atoms with Crippen LogP contribution in [-0.2, 0) is 16.8 Å². The highest BCUT2D eigenvalue weighted by atomic mass is 32.1. The summed E-state index contributed by atoms with van der Waals surface area (Å²) < 4.78 is 10.7. The highest BCUT2D eigenvalue weighted by molar-refractivity contribution is 7.09. The van der Waals surface area contributed by atoms with Crippen molar-refractivity contribution in [3.63, 3.8) is 0 Å². The topological polar surface area (TPSA) is 97.8 Å². The first kappa shape index (κ1) is 19.2. The van der Waals surface area contributed by atoms with E-state index in [1.165, 1.54) is 16.7 Å². The molecule has 0 unspecified atom stereocenters. The van der Waals surface area contributed by atoms with Crippen LogP contribution in [0.5, 0.6) is 11.5 Å². The third-order valence-corrected chi connectivity index (χ3v) is 5.85. The average molecular weight is 390 g/mol. The van der Waals surface area contributed by atoms with Crippen molar-refractivity contribution in [2.24, 2.45) is 0 Å². The molecule has 3 rings (SSSR count). The zero-order chi connectivity index (χ0) is 19.4. The van der Waals surface area contributed by atoms with E-state index in [-0.39, 0.29) is 18.1 Å². The lowest BCUT2D eigenvalue weighted by Gasteiger charge is -2.29. The minimum Gasteiger partial charge on any atom is -0.493 e. The minimum atomic E-state index is -1.07. The van der Waals surface area contributed by atoms with Crippen molar-refractivity contribution in [1.82, 2.24) is 10.3 Å². The van der Waals surface area contributed by atoms with Gasteiger partial charge in [-0.05, 0) is 30.5 Å². The number of carboxylic acids is 1. The number of methoxy groups -OCH3 is 2. The van der Waals surface area contributed by atoms with Gasteiger partial charge in [-0.3, -0.25) is 4.79 Å². The summed E-state index contributed by atoms with van der Waals surface area (Å²) in [6.45, 7) is 0.214. The van der Waals surface area contributed by atoms with Gasteiger partial charge in [-0.15, -0.1) is 11.3 Å². The van der Waals surface area contributed by atoms with Crippen molar-refractivity contribution < 1.29 is 24.2 Å². The molecule has 1 aliphatic rings. The quantitative estimate of drug-likeness (QED) is 0.754. The van der Waals surface area contributed by atoms with Crippen LogP contribution >= 0.6 is 11.3 Å². The number of rotatable bonds is 7. The Hall–Kier alpha value is -2.61. The molecule has 144 valence electrons. The summed E-state index contributed by atoms with van der Waals surface area (Å²) in [7, 11) is 3.15. The first-order valence-electron chi connectivity index (χ1n) is 8.68. The Balaban J connectivity index is 1.81. The van der Waals surface area contributed by atoms with E-state index in [0.717, 1.165) is 31.2 Å². The Kier molecular flexibility index (Phi) is 5.65. The lowest BCUT2D eigenvalue weighted by Crippen LogP contribution is -2.42. The zero-order valence-electron chi connectivity index (χ0n) is 15.3. The number of carbonyl (C=O) groups excluding carboxylic acids is 1. The van der Waals surface area contributed by atoms with Gasteiger partial charge in [0.1, 0.15) is 5.01 Å². The Morgan fingerprint density at radius 3 is 2.52 bits per heavy atom. The predicted molar refractivity (Wildman–Crippen MR) is 101 cm³/mol. The van der Waals surface area contributed by atoms with E-state index in [1.807, 2.05) is 18.2 Å². The summed E-state index contributed by atoms with van der Waals surface area (Å²) in [5.74, 6) is 0.0830. The number of nitrogens with one attached hydrogen (secondary N) is 1. The largest absolute Gasteiger partial charge is 0.493 e. The van der Waals surface area contributed by atoms with Gasteiger partial charge in [0.25, 0.3) is 0 Å². The molecular formula is C19H22N2O5S. The first-order valence-corrected chi connectivity index (χ1v) is 9.56. The molecule has 1 heterocycles. The number of nitrogens with zero attached hydrogens (tertiary/aromatic N) is 1. The Morgan fingerprint density at radius 1 is 1.22 bits per heavy atom. The maximum absolute atomic E-state index is 13.1. The van der Waals surface area contributed by atoms with Crippen LogP contribution in [0.2, 0.25) is 0 Å². The van der Waals surface area contributed by atoms with Crippen LogP contribution in [-0.4, -0.2) is 36.2 Å². The van der Waals surface area contributed by atoms with Gasteiger partial charge in [0.05, 0.1) is 26.2 Å². The van der Waals surface area contributed by atoms with Gasteiger partial charge in [0.2, 0.25) is 5.91 Å². The second kappa shape index (κ2) is 7.96. The molecule has 1 fully saturated rings. The molecular weight excluding hydrogens is 368 g/mol. The zero-order valence-corrected chi connectivity index (χ0v) is 16.1. The third kappa shape index (κ3) is 3.75. The fourth-order valence-corrected chi connectivity index (χ4v) is 4.28. The smallest absolute Gasteiger partial charge is 0.355 e. The van der Waals surface area contributed by atoms with E-state index in [4.69, 9.17) is 14.6 Å². The minimum absolute atomic E-state index is 0.000260. The molecule has 1 amide bonds. The molecule has 1 aromatic heterocycles. The van der Waals surface area contributed by atoms with Crippen LogP contribution in [0.3, 0.4) is 0 Å². The second-order valence-corrected chi connectivity index (χ2v) is 7.42. The number of benzene rings is 1. The van der Waals surface area contributed by atoms with Crippen molar-refractivity contribution >= 4 is 23.2 Å². The van der Waals surface area contributed by atoms with Crippen molar-refractivity contribution in [3.8, 4) is 11.5 Å². The molecule has 27 heavy (non-hydrogen) atoms. The predicted octanol–water partition coefficient (Wildman–Crippen LogP) is 2.99. The third-order valence-electron chi connectivity index (χ3n) is 5.00. The Labute approximate surface area is 161 Å². The molecule has 0 saturated heterocycles. The number of hydrogen-bond donors (Lipinski definition) is 2. The van der Waals surface area contributed by atoms with Crippen LogP contribution in [0.1, 0.15) is 46.7 Å². The van der Waals surface area contributed by atoms with Crippen molar-refractivity contribution in [1.29, 1.82) is 0 Å². The number of ether oxygens (including phenoxy) is 2. The first-order chi connectivity index (χ1) is 13.0. The number of amides is 1. The molecule has 1 aliphatic carbocycles. The standard InChI is InChI=1S/C19H22N2O5S/c1-25-14-6-5-12(9-15(14)26-2)19(7-3-4-8-19)18(24)20-10-16-21-13(11-27-16)17(22)23/h5-6,9,11H,3-4,7-8,10H2,1-2H3,(H,20,24)(H,22,23). The normalized spacial score (nSPS) is 15.3. The highest BCUT2D eigenvalue weighted by Crippen LogP contribution is 2.44. The molecule has 2 N–H and O–H groups in total. The summed E-state index contributed by atoms with van der Waals surface area (Å²) in [5.41, 5.74) is 0.284. The van der Waals surface area contributed by atoms with Crippen molar-refractivity contribution in [2.45, 2.75) is 37.6 Å². The second-order valence-electron chi connectivity index (χ2n) is 6.47. The van der Waals surface area contributed by atoms with Gasteiger partial charge in [0.15, 0.2) is 17.2 Å². The fraction of sp³-hybridized carbons (Fsp3) is 0.421. The lowest BCUT2D eigenvalue weighted by atomic mass is 9.78. The van der Waals surface area contributed by atoms with Crippen LogP contribution in [0.25, 0.3) is 0 Å². The summed E-state index contributed by atoms with van der Waals surface area (Å²) >= 11 is 1.22. The highest BCUT2D eigenvalue weighted by Gasteiger charge is 2.43. The average Bonchev–Trinajstić information content (AvgIpc) is 3.36. The molecule has 2 aromatic rings. The van der Waals surface area contributed by atoms with Crippen molar-refractivity contribution in [3.05, 3.63) is 39.8 Å². The van der Waals surface area contributed by atoms with E-state index >= 15 is 0 Å². The van der Waals surface area contributed by atoms with Crippen LogP contribution in [0.4, 0.5) is 0 Å². The van der Waals surface area contributed by atoms with E-state index < -0.39 is 11.4 Å². The van der Waals surface area contributed by atoms with Crippen molar-refractivity contribution in [2.75, 3.05) is 14.2 Å². The Morgan fingerprint density at radius 2 is 1.93 bits per heavy atom. The summed E-state index contributed by atoms with van der Waals surface area (Å²) in [5, 5.41) is 14.0. The molecule has 8 heteroatoms. The fourth-order valence-electron chi connectivity index (χ4n) is 3.57. The number of hydrogen-bond acceptors (Lipinski definition) is 6. The maximum Gasteiger partial charge on any atom is 0.355 e. The SMILES string of the molecule is COc1ccc(C2(C(=O)NCc3nc(C(=O)O)cs3)CCCC2)cc1OC. The summed E-state index contributed by atoms with van der Waals surface area (Å²) in [4.78, 5) is 28.1.